The van der Waals surface area contributed by atoms with Gasteiger partial charge in [0.25, 0.3) is 6.21 Å². The maximum atomic E-state index is 10.1. The van der Waals surface area contributed by atoms with Crippen LogP contribution in [0.4, 0.5) is 0 Å². The van der Waals surface area contributed by atoms with Gasteiger partial charge in [0.1, 0.15) is 6.42 Å². The Bertz CT molecular complexity index is 156. The van der Waals surface area contributed by atoms with Gasteiger partial charge in [-0.15, -0.1) is 0 Å². The van der Waals surface area contributed by atoms with E-state index in [9.17, 15) is 10.1 Å². The average Bonchev–Trinajstić information content (AvgIpc) is 2.13. The molecule has 0 aromatic heterocycles. The minimum atomic E-state index is -0.634. The standard InChI is InChI=1S/C4H7N3O2/c1-6-4(7(8)9)2-3-5-6/h3-4H,2H2,1H3/q+1. The first-order valence-electron chi connectivity index (χ1n) is 2.60. The third kappa shape index (κ3) is 0.984. The van der Waals surface area contributed by atoms with Crippen molar-refractivity contribution in [3.8, 4) is 0 Å². The van der Waals surface area contributed by atoms with Gasteiger partial charge in [-0.1, -0.05) is 5.01 Å². The highest BCUT2D eigenvalue weighted by Gasteiger charge is 2.36. The van der Waals surface area contributed by atoms with Crippen LogP contribution in [0.25, 0.3) is 0 Å². The molecule has 0 saturated carbocycles. The summed E-state index contributed by atoms with van der Waals surface area (Å²) in [5, 5.41) is 15.1. The Balaban J connectivity index is 2.55. The summed E-state index contributed by atoms with van der Waals surface area (Å²) in [7, 11) is 1.59. The molecule has 1 unspecified atom stereocenters. The van der Waals surface area contributed by atoms with Crippen molar-refractivity contribution >= 4 is 6.21 Å². The average molecular weight is 129 g/mol. The largest absolute Gasteiger partial charge is 0.346 e. The molecule has 5 heteroatoms. The van der Waals surface area contributed by atoms with Crippen LogP contribution in [0.1, 0.15) is 6.42 Å². The lowest BCUT2D eigenvalue weighted by atomic mass is 10.4. The van der Waals surface area contributed by atoms with Gasteiger partial charge in [0.15, 0.2) is 5.10 Å². The SMILES string of the molecule is CN1[N+]=CCC1[N+](=O)[O-]. The molecular formula is C4H7N3O2+. The number of hydrogen-bond donors (Lipinski definition) is 0. The van der Waals surface area contributed by atoms with Crippen molar-refractivity contribution in [1.29, 1.82) is 0 Å². The second kappa shape index (κ2) is 2.00. The molecule has 49 valence electrons. The molecule has 0 aromatic rings. The Kier molecular flexibility index (Phi) is 1.33. The number of hydrogen-bond acceptors (Lipinski definition) is 4. The number of nitro groups is 1. The fourth-order valence-corrected chi connectivity index (χ4v) is 0.722. The quantitative estimate of drug-likeness (QED) is 0.345. The van der Waals surface area contributed by atoms with E-state index in [1.807, 2.05) is 0 Å². The number of hydrazone groups is 1. The lowest BCUT2D eigenvalue weighted by molar-refractivity contribution is -0.546. The Labute approximate surface area is 52.1 Å². The Hall–Kier alpha value is -1.13. The van der Waals surface area contributed by atoms with E-state index in [2.05, 4.69) is 5.10 Å². The predicted molar refractivity (Wildman–Crippen MR) is 31.4 cm³/mol. The van der Waals surface area contributed by atoms with Crippen LogP contribution in [0.3, 0.4) is 0 Å². The summed E-state index contributed by atoms with van der Waals surface area (Å²) in [6.45, 7) is 0. The summed E-state index contributed by atoms with van der Waals surface area (Å²) in [4.78, 5) is 9.76. The minimum absolute atomic E-state index is 0.340. The van der Waals surface area contributed by atoms with Crippen LogP contribution in [0.15, 0.2) is 0 Å². The monoisotopic (exact) mass is 129 g/mol. The van der Waals surface area contributed by atoms with Crippen LogP contribution in [0.5, 0.6) is 0 Å². The smallest absolute Gasteiger partial charge is 0.262 e. The molecule has 0 fully saturated rings. The van der Waals surface area contributed by atoms with Gasteiger partial charge >= 0.3 is 6.17 Å². The highest BCUT2D eigenvalue weighted by Crippen LogP contribution is 2.01. The van der Waals surface area contributed by atoms with E-state index in [1.165, 1.54) is 5.01 Å². The molecule has 1 radical (unpaired) electrons. The second-order valence-corrected chi connectivity index (χ2v) is 1.87. The van der Waals surface area contributed by atoms with Crippen LogP contribution >= 0.6 is 0 Å². The molecule has 0 N–H and O–H groups in total. The topological polar surface area (TPSA) is 60.5 Å². The van der Waals surface area contributed by atoms with Crippen LogP contribution in [0, 0.1) is 10.1 Å². The molecule has 0 spiro atoms. The molecule has 1 aliphatic heterocycles. The summed E-state index contributed by atoms with van der Waals surface area (Å²) in [6, 6.07) is 0. The molecule has 0 bridgehead atoms. The second-order valence-electron chi connectivity index (χ2n) is 1.87. The molecule has 1 atom stereocenters. The molecule has 1 heterocycles. The first-order valence-corrected chi connectivity index (χ1v) is 2.60. The van der Waals surface area contributed by atoms with Gasteiger partial charge in [-0.2, -0.15) is 0 Å². The van der Waals surface area contributed by atoms with Crippen LogP contribution in [0.2, 0.25) is 0 Å². The predicted octanol–water partition coefficient (Wildman–Crippen LogP) is -0.754. The summed E-state index contributed by atoms with van der Waals surface area (Å²) in [5.74, 6) is 0. The molecule has 0 aromatic carbocycles. The first-order chi connectivity index (χ1) is 4.22. The zero-order valence-electron chi connectivity index (χ0n) is 5.02. The van der Waals surface area contributed by atoms with Crippen molar-refractivity contribution in [2.24, 2.45) is 0 Å². The van der Waals surface area contributed by atoms with Crippen molar-refractivity contribution in [2.75, 3.05) is 7.05 Å². The van der Waals surface area contributed by atoms with E-state index in [0.29, 0.717) is 6.42 Å². The van der Waals surface area contributed by atoms with E-state index in [-0.39, 0.29) is 4.92 Å². The highest BCUT2D eigenvalue weighted by molar-refractivity contribution is 5.57. The van der Waals surface area contributed by atoms with Crippen molar-refractivity contribution in [3.63, 3.8) is 0 Å². The number of nitrogens with zero attached hydrogens (tertiary/aromatic N) is 3. The number of rotatable bonds is 1. The third-order valence-electron chi connectivity index (χ3n) is 1.25. The molecular weight excluding hydrogens is 122 g/mol. The molecule has 0 saturated heterocycles. The van der Waals surface area contributed by atoms with Crippen molar-refractivity contribution in [3.05, 3.63) is 10.1 Å². The molecule has 0 aliphatic carbocycles. The van der Waals surface area contributed by atoms with Gasteiger partial charge in [-0.05, 0) is 0 Å². The van der Waals surface area contributed by atoms with Gasteiger partial charge in [0.05, 0.1) is 12.0 Å². The fraction of sp³-hybridized carbons (Fsp3) is 0.750. The van der Waals surface area contributed by atoms with E-state index >= 15 is 0 Å². The van der Waals surface area contributed by atoms with Crippen LogP contribution in [-0.2, 0) is 0 Å². The molecule has 0 amide bonds. The van der Waals surface area contributed by atoms with E-state index in [1.54, 1.807) is 13.3 Å². The van der Waals surface area contributed by atoms with E-state index in [0.717, 1.165) is 0 Å². The Morgan fingerprint density at radius 3 is 2.89 bits per heavy atom. The van der Waals surface area contributed by atoms with Gasteiger partial charge in [0, 0.05) is 0 Å². The lowest BCUT2D eigenvalue weighted by Crippen LogP contribution is -2.33. The highest BCUT2D eigenvalue weighted by atomic mass is 16.6. The fourth-order valence-electron chi connectivity index (χ4n) is 0.722. The molecule has 1 aliphatic rings. The van der Waals surface area contributed by atoms with Gasteiger partial charge < -0.3 is 0 Å². The first kappa shape index (κ1) is 6.00. The molecule has 5 nitrogen and oxygen atoms in total. The van der Waals surface area contributed by atoms with Crippen molar-refractivity contribution in [1.82, 2.24) is 10.1 Å². The van der Waals surface area contributed by atoms with Gasteiger partial charge in [-0.25, -0.2) is 0 Å². The summed E-state index contributed by atoms with van der Waals surface area (Å²) in [5.41, 5.74) is 0. The Morgan fingerprint density at radius 2 is 2.67 bits per heavy atom. The van der Waals surface area contributed by atoms with E-state index in [4.69, 9.17) is 0 Å². The maximum absolute atomic E-state index is 10.1. The van der Waals surface area contributed by atoms with Crippen LogP contribution in [-0.4, -0.2) is 29.4 Å². The van der Waals surface area contributed by atoms with E-state index < -0.39 is 6.17 Å². The van der Waals surface area contributed by atoms with Gasteiger partial charge in [0.2, 0.25) is 0 Å². The zero-order chi connectivity index (χ0) is 6.85. The Morgan fingerprint density at radius 1 is 2.00 bits per heavy atom. The van der Waals surface area contributed by atoms with Crippen molar-refractivity contribution < 1.29 is 4.92 Å². The lowest BCUT2D eigenvalue weighted by Gasteiger charge is -1.99. The summed E-state index contributed by atoms with van der Waals surface area (Å²) >= 11 is 0. The van der Waals surface area contributed by atoms with Gasteiger partial charge in [-0.3, -0.25) is 10.1 Å². The normalized spacial score (nSPS) is 25.0. The minimum Gasteiger partial charge on any atom is -0.262 e. The molecule has 9 heavy (non-hydrogen) atoms. The third-order valence-corrected chi connectivity index (χ3v) is 1.25. The van der Waals surface area contributed by atoms with Crippen molar-refractivity contribution in [2.45, 2.75) is 12.6 Å². The van der Waals surface area contributed by atoms with Crippen LogP contribution < -0.4 is 5.10 Å². The maximum Gasteiger partial charge on any atom is 0.346 e. The summed E-state index contributed by atoms with van der Waals surface area (Å²) < 4.78 is 0. The molecule has 1 rings (SSSR count). The zero-order valence-corrected chi connectivity index (χ0v) is 5.02. The summed E-state index contributed by atoms with van der Waals surface area (Å²) in [6.07, 6.45) is 1.33.